The lowest BCUT2D eigenvalue weighted by Crippen LogP contribution is -2.42. The molecule has 5 nitrogen and oxygen atoms in total. The number of hydrogen-bond acceptors (Lipinski definition) is 3. The first kappa shape index (κ1) is 15.9. The monoisotopic (exact) mass is 321 g/mol. The van der Waals surface area contributed by atoms with Gasteiger partial charge in [-0.25, -0.2) is 4.79 Å². The highest BCUT2D eigenvalue weighted by Crippen LogP contribution is 2.39. The Bertz CT molecular complexity index is 794. The number of ether oxygens (including phenoxy) is 1. The van der Waals surface area contributed by atoms with Gasteiger partial charge < -0.3 is 15.4 Å². The van der Waals surface area contributed by atoms with Gasteiger partial charge in [0.15, 0.2) is 0 Å². The average molecular weight is 321 g/mol. The van der Waals surface area contributed by atoms with Gasteiger partial charge in [0.25, 0.3) is 0 Å². The molecule has 1 aliphatic rings. The van der Waals surface area contributed by atoms with E-state index in [4.69, 9.17) is 10.00 Å². The third-order valence-electron chi connectivity index (χ3n) is 3.93. The standard InChI is InChI=1S/C19H19N3O2/c1-19(2)11-16(15-10-13(12-20)8-9-17(15)24-19)22-18(23)21-14-6-4-3-5-7-14/h3-10,16H,11H2,1-2H3,(H2,21,22,23). The molecule has 0 aromatic heterocycles. The van der Waals surface area contributed by atoms with Crippen molar-refractivity contribution >= 4 is 11.7 Å². The van der Waals surface area contributed by atoms with E-state index in [-0.39, 0.29) is 12.1 Å². The quantitative estimate of drug-likeness (QED) is 0.878. The van der Waals surface area contributed by atoms with E-state index in [2.05, 4.69) is 16.7 Å². The Labute approximate surface area is 141 Å². The Morgan fingerprint density at radius 2 is 2.00 bits per heavy atom. The second-order valence-corrected chi connectivity index (χ2v) is 6.45. The molecule has 0 saturated heterocycles. The second-order valence-electron chi connectivity index (χ2n) is 6.45. The van der Waals surface area contributed by atoms with Crippen molar-refractivity contribution in [2.75, 3.05) is 5.32 Å². The topological polar surface area (TPSA) is 74.2 Å². The lowest BCUT2D eigenvalue weighted by molar-refractivity contribution is 0.0683. The molecule has 0 saturated carbocycles. The van der Waals surface area contributed by atoms with Crippen LogP contribution in [0.1, 0.15) is 37.4 Å². The highest BCUT2D eigenvalue weighted by molar-refractivity contribution is 5.89. The van der Waals surface area contributed by atoms with Crippen LogP contribution < -0.4 is 15.4 Å². The molecular weight excluding hydrogens is 302 g/mol. The van der Waals surface area contributed by atoms with Crippen molar-refractivity contribution in [1.29, 1.82) is 5.26 Å². The molecule has 0 aliphatic carbocycles. The summed E-state index contributed by atoms with van der Waals surface area (Å²) in [4.78, 5) is 12.3. The summed E-state index contributed by atoms with van der Waals surface area (Å²) in [5, 5.41) is 14.9. The fourth-order valence-electron chi connectivity index (χ4n) is 2.90. The Hall–Kier alpha value is -3.00. The molecule has 24 heavy (non-hydrogen) atoms. The smallest absolute Gasteiger partial charge is 0.319 e. The zero-order valence-electron chi connectivity index (χ0n) is 13.7. The van der Waals surface area contributed by atoms with E-state index in [9.17, 15) is 4.79 Å². The fourth-order valence-corrected chi connectivity index (χ4v) is 2.90. The number of para-hydroxylation sites is 1. The van der Waals surface area contributed by atoms with Gasteiger partial charge in [-0.3, -0.25) is 0 Å². The van der Waals surface area contributed by atoms with Gasteiger partial charge >= 0.3 is 6.03 Å². The van der Waals surface area contributed by atoms with Gasteiger partial charge in [0.05, 0.1) is 17.7 Å². The van der Waals surface area contributed by atoms with Crippen LogP contribution in [-0.4, -0.2) is 11.6 Å². The fraction of sp³-hybridized carbons (Fsp3) is 0.263. The summed E-state index contributed by atoms with van der Waals surface area (Å²) in [6.45, 7) is 3.97. The number of nitriles is 1. The number of carbonyl (C=O) groups excluding carboxylic acids is 1. The normalized spacial score (nSPS) is 17.8. The van der Waals surface area contributed by atoms with E-state index in [0.717, 1.165) is 11.3 Å². The van der Waals surface area contributed by atoms with E-state index in [1.165, 1.54) is 0 Å². The van der Waals surface area contributed by atoms with Crippen LogP contribution in [0.15, 0.2) is 48.5 Å². The van der Waals surface area contributed by atoms with Crippen LogP contribution in [-0.2, 0) is 0 Å². The van der Waals surface area contributed by atoms with Crippen LogP contribution in [0.4, 0.5) is 10.5 Å². The number of nitrogens with zero attached hydrogens (tertiary/aromatic N) is 1. The van der Waals surface area contributed by atoms with E-state index in [1.54, 1.807) is 18.2 Å². The Morgan fingerprint density at radius 3 is 2.71 bits per heavy atom. The molecule has 2 aromatic rings. The Kier molecular flexibility index (Phi) is 4.13. The first-order valence-corrected chi connectivity index (χ1v) is 7.82. The van der Waals surface area contributed by atoms with Gasteiger partial charge in [0, 0.05) is 17.7 Å². The highest BCUT2D eigenvalue weighted by atomic mass is 16.5. The van der Waals surface area contributed by atoms with Crippen molar-refractivity contribution in [2.45, 2.75) is 31.9 Å². The van der Waals surface area contributed by atoms with Gasteiger partial charge in [-0.15, -0.1) is 0 Å². The zero-order chi connectivity index (χ0) is 17.2. The van der Waals surface area contributed by atoms with Crippen molar-refractivity contribution < 1.29 is 9.53 Å². The molecule has 1 aliphatic heterocycles. The zero-order valence-corrected chi connectivity index (χ0v) is 13.7. The third kappa shape index (κ3) is 3.49. The molecule has 3 rings (SSSR count). The van der Waals surface area contributed by atoms with Crippen LogP contribution >= 0.6 is 0 Å². The van der Waals surface area contributed by atoms with E-state index < -0.39 is 5.60 Å². The molecule has 1 unspecified atom stereocenters. The van der Waals surface area contributed by atoms with Gasteiger partial charge in [-0.2, -0.15) is 5.26 Å². The third-order valence-corrected chi connectivity index (χ3v) is 3.93. The van der Waals surface area contributed by atoms with E-state index in [1.807, 2.05) is 44.2 Å². The Balaban J connectivity index is 1.82. The maximum Gasteiger partial charge on any atom is 0.319 e. The van der Waals surface area contributed by atoms with Gasteiger partial charge in [-0.1, -0.05) is 18.2 Å². The first-order chi connectivity index (χ1) is 11.5. The first-order valence-electron chi connectivity index (χ1n) is 7.82. The molecule has 1 atom stereocenters. The van der Waals surface area contributed by atoms with Crippen LogP contribution in [0, 0.1) is 11.3 Å². The van der Waals surface area contributed by atoms with Gasteiger partial charge in [-0.05, 0) is 44.2 Å². The molecule has 0 bridgehead atoms. The number of anilines is 1. The SMILES string of the molecule is CC1(C)CC(NC(=O)Nc2ccccc2)c2cc(C#N)ccc2O1. The number of carbonyl (C=O) groups is 1. The summed E-state index contributed by atoms with van der Waals surface area (Å²) in [5.74, 6) is 0.704. The molecule has 5 heteroatoms. The van der Waals surface area contributed by atoms with E-state index >= 15 is 0 Å². The molecule has 2 amide bonds. The number of rotatable bonds is 2. The molecule has 2 aromatic carbocycles. The molecular formula is C19H19N3O2. The van der Waals surface area contributed by atoms with Crippen LogP contribution in [0.25, 0.3) is 0 Å². The summed E-state index contributed by atoms with van der Waals surface area (Å²) in [5.41, 5.74) is 1.71. The summed E-state index contributed by atoms with van der Waals surface area (Å²) >= 11 is 0. The van der Waals surface area contributed by atoms with Gasteiger partial charge in [0.1, 0.15) is 11.4 Å². The van der Waals surface area contributed by atoms with Crippen molar-refractivity contribution in [3.05, 3.63) is 59.7 Å². The van der Waals surface area contributed by atoms with Crippen molar-refractivity contribution in [1.82, 2.24) is 5.32 Å². The number of nitrogens with one attached hydrogen (secondary N) is 2. The summed E-state index contributed by atoms with van der Waals surface area (Å²) < 4.78 is 5.97. The summed E-state index contributed by atoms with van der Waals surface area (Å²) in [6.07, 6.45) is 0.622. The maximum atomic E-state index is 12.3. The predicted octanol–water partition coefficient (Wildman–Crippen LogP) is 3.98. The lowest BCUT2D eigenvalue weighted by Gasteiger charge is -2.38. The molecule has 122 valence electrons. The van der Waals surface area contributed by atoms with Crippen molar-refractivity contribution in [3.8, 4) is 11.8 Å². The summed E-state index contributed by atoms with van der Waals surface area (Å²) in [6, 6.07) is 16.2. The van der Waals surface area contributed by atoms with Crippen molar-refractivity contribution in [2.24, 2.45) is 0 Å². The summed E-state index contributed by atoms with van der Waals surface area (Å²) in [7, 11) is 0. The average Bonchev–Trinajstić information content (AvgIpc) is 2.54. The van der Waals surface area contributed by atoms with Crippen LogP contribution in [0.5, 0.6) is 5.75 Å². The number of amides is 2. The van der Waals surface area contributed by atoms with E-state index in [0.29, 0.717) is 17.7 Å². The molecule has 2 N–H and O–H groups in total. The van der Waals surface area contributed by atoms with Crippen LogP contribution in [0.3, 0.4) is 0 Å². The Morgan fingerprint density at radius 1 is 1.25 bits per heavy atom. The number of urea groups is 1. The largest absolute Gasteiger partial charge is 0.487 e. The number of hydrogen-bond donors (Lipinski definition) is 2. The number of benzene rings is 2. The molecule has 1 heterocycles. The second kappa shape index (κ2) is 6.25. The maximum absolute atomic E-state index is 12.3. The lowest BCUT2D eigenvalue weighted by atomic mass is 9.89. The minimum absolute atomic E-state index is 0.222. The number of fused-ring (bicyclic) bond motifs is 1. The van der Waals surface area contributed by atoms with Crippen molar-refractivity contribution in [3.63, 3.8) is 0 Å². The molecule has 0 spiro atoms. The predicted molar refractivity (Wildman–Crippen MR) is 91.8 cm³/mol. The highest BCUT2D eigenvalue weighted by Gasteiger charge is 2.34. The minimum Gasteiger partial charge on any atom is -0.487 e. The molecule has 0 fully saturated rings. The molecule has 0 radical (unpaired) electrons. The minimum atomic E-state index is -0.397. The van der Waals surface area contributed by atoms with Gasteiger partial charge in [0.2, 0.25) is 0 Å². The van der Waals surface area contributed by atoms with Crippen LogP contribution in [0.2, 0.25) is 0 Å².